The van der Waals surface area contributed by atoms with Crippen LogP contribution >= 0.6 is 0 Å². The molecule has 18 heavy (non-hydrogen) atoms. The molecule has 5 nitrogen and oxygen atoms in total. The number of primary amides is 1. The Morgan fingerprint density at radius 1 is 1.33 bits per heavy atom. The molecule has 0 fully saturated rings. The van der Waals surface area contributed by atoms with Gasteiger partial charge in [-0.3, -0.25) is 4.79 Å². The molecule has 0 bridgehead atoms. The molecule has 1 aromatic rings. The van der Waals surface area contributed by atoms with E-state index in [4.69, 9.17) is 20.3 Å². The highest BCUT2D eigenvalue weighted by molar-refractivity contribution is 5.76. The van der Waals surface area contributed by atoms with Gasteiger partial charge in [0, 0.05) is 0 Å². The highest BCUT2D eigenvalue weighted by atomic mass is 16.5. The summed E-state index contributed by atoms with van der Waals surface area (Å²) in [5.41, 5.74) is 6.19. The number of carbonyl (C=O) groups excluding carboxylic acids is 1. The highest BCUT2D eigenvalue weighted by Gasteiger charge is 2.10. The fraction of sp³-hybridized carbons (Fsp3) is 0.308. The molecule has 0 saturated heterocycles. The molecular weight excluding hydrogens is 234 g/mol. The molecule has 0 unspecified atom stereocenters. The second-order valence-electron chi connectivity index (χ2n) is 3.48. The summed E-state index contributed by atoms with van der Waals surface area (Å²) in [6.07, 6.45) is -0.0337. The lowest BCUT2D eigenvalue weighted by molar-refractivity contribution is -0.117. The number of rotatable bonds is 4. The van der Waals surface area contributed by atoms with Crippen LogP contribution in [-0.4, -0.2) is 25.2 Å². The van der Waals surface area contributed by atoms with Gasteiger partial charge in [0.2, 0.25) is 5.91 Å². The average molecular weight is 249 g/mol. The Morgan fingerprint density at radius 3 is 2.28 bits per heavy atom. The minimum Gasteiger partial charge on any atom is -0.495 e. The van der Waals surface area contributed by atoms with Crippen molar-refractivity contribution in [2.75, 3.05) is 14.2 Å². The molecule has 1 aromatic carbocycles. The molecule has 0 radical (unpaired) electrons. The van der Waals surface area contributed by atoms with Crippen LogP contribution in [0.2, 0.25) is 0 Å². The number of aliphatic hydroxyl groups is 1. The van der Waals surface area contributed by atoms with E-state index in [0.29, 0.717) is 22.6 Å². The molecule has 96 valence electrons. The maximum absolute atomic E-state index is 10.6. The van der Waals surface area contributed by atoms with Crippen LogP contribution in [0.15, 0.2) is 12.1 Å². The summed E-state index contributed by atoms with van der Waals surface area (Å²) in [5.74, 6) is 5.90. The Labute approximate surface area is 106 Å². The standard InChI is InChI=1S/C13H15NO4/c1-17-11-6-9(8-15)7-12(18-2)10(11)4-3-5-13(14)16/h6-7,15H,5,8H2,1-2H3,(H2,14,16). The van der Waals surface area contributed by atoms with Crippen molar-refractivity contribution in [2.24, 2.45) is 5.73 Å². The summed E-state index contributed by atoms with van der Waals surface area (Å²) in [6, 6.07) is 3.33. The van der Waals surface area contributed by atoms with Gasteiger partial charge in [-0.15, -0.1) is 0 Å². The zero-order valence-electron chi connectivity index (χ0n) is 10.3. The van der Waals surface area contributed by atoms with Crippen LogP contribution in [0.1, 0.15) is 17.5 Å². The molecule has 0 aromatic heterocycles. The second-order valence-corrected chi connectivity index (χ2v) is 3.48. The van der Waals surface area contributed by atoms with Gasteiger partial charge in [-0.2, -0.15) is 0 Å². The highest BCUT2D eigenvalue weighted by Crippen LogP contribution is 2.29. The third-order valence-electron chi connectivity index (χ3n) is 2.22. The number of ether oxygens (including phenoxy) is 2. The number of hydrogen-bond donors (Lipinski definition) is 2. The molecule has 0 spiro atoms. The number of benzene rings is 1. The van der Waals surface area contributed by atoms with E-state index >= 15 is 0 Å². The Kier molecular flexibility index (Phi) is 5.03. The first-order valence-electron chi connectivity index (χ1n) is 5.25. The van der Waals surface area contributed by atoms with Crippen molar-refractivity contribution in [1.29, 1.82) is 0 Å². The topological polar surface area (TPSA) is 81.8 Å². The van der Waals surface area contributed by atoms with E-state index in [1.165, 1.54) is 14.2 Å². The second kappa shape index (κ2) is 6.52. The predicted molar refractivity (Wildman–Crippen MR) is 66.2 cm³/mol. The summed E-state index contributed by atoms with van der Waals surface area (Å²) < 4.78 is 10.4. The van der Waals surface area contributed by atoms with Gasteiger partial charge in [0.15, 0.2) is 0 Å². The Balaban J connectivity index is 3.21. The molecule has 0 atom stereocenters. The lowest BCUT2D eigenvalue weighted by Gasteiger charge is -2.10. The minimum absolute atomic E-state index is 0.0337. The van der Waals surface area contributed by atoms with Crippen LogP contribution in [0.5, 0.6) is 11.5 Å². The number of amides is 1. The smallest absolute Gasteiger partial charge is 0.229 e. The largest absolute Gasteiger partial charge is 0.495 e. The fourth-order valence-electron chi connectivity index (χ4n) is 1.40. The number of hydrogen-bond acceptors (Lipinski definition) is 4. The quantitative estimate of drug-likeness (QED) is 0.758. The maximum atomic E-state index is 10.6. The van der Waals surface area contributed by atoms with Crippen molar-refractivity contribution in [3.05, 3.63) is 23.3 Å². The minimum atomic E-state index is -0.493. The van der Waals surface area contributed by atoms with E-state index in [9.17, 15) is 4.79 Å². The molecule has 0 aliphatic carbocycles. The van der Waals surface area contributed by atoms with Crippen LogP contribution in [0.25, 0.3) is 0 Å². The fourth-order valence-corrected chi connectivity index (χ4v) is 1.40. The summed E-state index contributed by atoms with van der Waals surface area (Å²) in [5, 5.41) is 9.11. The van der Waals surface area contributed by atoms with Crippen molar-refractivity contribution < 1.29 is 19.4 Å². The van der Waals surface area contributed by atoms with Gasteiger partial charge in [-0.05, 0) is 17.7 Å². The third kappa shape index (κ3) is 3.40. The summed E-state index contributed by atoms with van der Waals surface area (Å²) in [6.45, 7) is -0.123. The Hall–Kier alpha value is -2.19. The third-order valence-corrected chi connectivity index (χ3v) is 2.22. The van der Waals surface area contributed by atoms with Gasteiger partial charge < -0.3 is 20.3 Å². The Morgan fingerprint density at radius 2 is 1.89 bits per heavy atom. The Bertz CT molecular complexity index is 474. The van der Waals surface area contributed by atoms with E-state index < -0.39 is 5.91 Å². The van der Waals surface area contributed by atoms with Crippen molar-refractivity contribution in [2.45, 2.75) is 13.0 Å². The first-order valence-corrected chi connectivity index (χ1v) is 5.25. The summed E-state index contributed by atoms with van der Waals surface area (Å²) >= 11 is 0. The molecule has 0 heterocycles. The molecule has 0 aliphatic rings. The van der Waals surface area contributed by atoms with E-state index in [0.717, 1.165) is 0 Å². The van der Waals surface area contributed by atoms with Crippen LogP contribution in [0.4, 0.5) is 0 Å². The maximum Gasteiger partial charge on any atom is 0.229 e. The van der Waals surface area contributed by atoms with Crippen molar-refractivity contribution >= 4 is 5.91 Å². The van der Waals surface area contributed by atoms with Gasteiger partial charge in [-0.1, -0.05) is 11.8 Å². The van der Waals surface area contributed by atoms with E-state index in [1.807, 2.05) is 0 Å². The summed E-state index contributed by atoms with van der Waals surface area (Å²) in [4.78, 5) is 10.6. The lowest BCUT2D eigenvalue weighted by Crippen LogP contribution is -2.08. The monoisotopic (exact) mass is 249 g/mol. The summed E-state index contributed by atoms with van der Waals surface area (Å²) in [7, 11) is 2.99. The number of nitrogens with two attached hydrogens (primary N) is 1. The lowest BCUT2D eigenvalue weighted by atomic mass is 10.1. The van der Waals surface area contributed by atoms with Gasteiger partial charge >= 0.3 is 0 Å². The first-order chi connectivity index (χ1) is 8.62. The van der Waals surface area contributed by atoms with E-state index in [2.05, 4.69) is 11.8 Å². The van der Waals surface area contributed by atoms with E-state index in [1.54, 1.807) is 12.1 Å². The molecule has 1 rings (SSSR count). The van der Waals surface area contributed by atoms with Crippen LogP contribution < -0.4 is 15.2 Å². The SMILES string of the molecule is COc1cc(CO)cc(OC)c1C#CCC(N)=O. The molecule has 0 aliphatic heterocycles. The number of carbonyl (C=O) groups is 1. The molecule has 3 N–H and O–H groups in total. The predicted octanol–water partition coefficient (Wildman–Crippen LogP) is 0.423. The van der Waals surface area contributed by atoms with Crippen LogP contribution in [0.3, 0.4) is 0 Å². The molecule has 1 amide bonds. The zero-order chi connectivity index (χ0) is 13.5. The van der Waals surface area contributed by atoms with Gasteiger partial charge in [0.25, 0.3) is 0 Å². The van der Waals surface area contributed by atoms with Gasteiger partial charge in [-0.25, -0.2) is 0 Å². The van der Waals surface area contributed by atoms with E-state index in [-0.39, 0.29) is 13.0 Å². The van der Waals surface area contributed by atoms with Gasteiger partial charge in [0.1, 0.15) is 17.1 Å². The van der Waals surface area contributed by atoms with Crippen molar-refractivity contribution in [3.8, 4) is 23.3 Å². The molecule has 0 saturated carbocycles. The molecule has 5 heteroatoms. The average Bonchev–Trinajstić information content (AvgIpc) is 2.37. The van der Waals surface area contributed by atoms with Gasteiger partial charge in [0.05, 0.1) is 27.2 Å². The van der Waals surface area contributed by atoms with Crippen molar-refractivity contribution in [1.82, 2.24) is 0 Å². The van der Waals surface area contributed by atoms with Crippen molar-refractivity contribution in [3.63, 3.8) is 0 Å². The number of methoxy groups -OCH3 is 2. The first kappa shape index (κ1) is 13.9. The van der Waals surface area contributed by atoms with Crippen LogP contribution in [0, 0.1) is 11.8 Å². The van der Waals surface area contributed by atoms with Crippen LogP contribution in [-0.2, 0) is 11.4 Å². The molecular formula is C13H15NO4. The zero-order valence-corrected chi connectivity index (χ0v) is 10.3. The number of aliphatic hydroxyl groups excluding tert-OH is 1. The normalized spacial score (nSPS) is 9.28.